The van der Waals surface area contributed by atoms with Crippen LogP contribution in [0.3, 0.4) is 0 Å². The summed E-state index contributed by atoms with van der Waals surface area (Å²) >= 11 is 5.94. The van der Waals surface area contributed by atoms with Crippen LogP contribution in [0.1, 0.15) is 5.56 Å². The number of nitrogens with one attached hydrogen (secondary N) is 2. The third-order valence-corrected chi connectivity index (χ3v) is 2.61. The lowest BCUT2D eigenvalue weighted by molar-refractivity contribution is -0.120. The number of hydrogen-bond donors (Lipinski definition) is 2. The van der Waals surface area contributed by atoms with Crippen LogP contribution in [0.25, 0.3) is 0 Å². The number of carbonyl (C=O) groups excluding carboxylic acids is 2. The summed E-state index contributed by atoms with van der Waals surface area (Å²) in [6.07, 6.45) is 0.414. The summed E-state index contributed by atoms with van der Waals surface area (Å²) in [5.74, 6) is -0.306. The van der Waals surface area contributed by atoms with E-state index in [2.05, 4.69) is 10.6 Å². The van der Waals surface area contributed by atoms with Crippen LogP contribution in [0, 0.1) is 0 Å². The molecule has 1 atom stereocenters. The van der Waals surface area contributed by atoms with Gasteiger partial charge in [-0.2, -0.15) is 0 Å². The van der Waals surface area contributed by atoms with Gasteiger partial charge in [0, 0.05) is 11.4 Å². The number of imide groups is 1. The molecule has 1 heterocycles. The average Bonchev–Trinajstić information content (AvgIpc) is 2.49. The largest absolute Gasteiger partial charge is 0.326 e. The second kappa shape index (κ2) is 3.90. The summed E-state index contributed by atoms with van der Waals surface area (Å²) in [6, 6.07) is 6.29. The molecule has 15 heavy (non-hydrogen) atoms. The Morgan fingerprint density at radius 3 is 2.60 bits per heavy atom. The van der Waals surface area contributed by atoms with Gasteiger partial charge in [-0.3, -0.25) is 10.1 Å². The zero-order valence-electron chi connectivity index (χ0n) is 7.79. The Bertz CT molecular complexity index is 420. The summed E-state index contributed by atoms with van der Waals surface area (Å²) in [6.45, 7) is 0. The van der Waals surface area contributed by atoms with Gasteiger partial charge in [0.1, 0.15) is 6.04 Å². The first-order chi connectivity index (χ1) is 7.16. The summed E-state index contributed by atoms with van der Waals surface area (Å²) in [5.41, 5.74) is 0.849. The second-order valence-corrected chi connectivity index (χ2v) is 3.72. The maximum atomic E-state index is 11.3. The third-order valence-electron chi connectivity index (χ3n) is 2.24. The van der Waals surface area contributed by atoms with Crippen LogP contribution in [-0.2, 0) is 11.2 Å². The molecule has 0 saturated carbocycles. The van der Waals surface area contributed by atoms with Crippen LogP contribution in [0.2, 0.25) is 5.02 Å². The molecule has 1 fully saturated rings. The Balaban J connectivity index is 2.13. The predicted molar refractivity (Wildman–Crippen MR) is 55.6 cm³/mol. The number of benzene rings is 1. The SMILES string of the molecule is O=C1NC(=O)[C@@H](Cc2ccccc2Cl)N1. The molecule has 0 aromatic heterocycles. The standard InChI is InChI=1S/C10H9ClN2O2/c11-7-4-2-1-3-6(7)5-8-9(14)13-10(15)12-8/h1-4,8H,5H2,(H2,12,13,14,15)/t8-/m1/s1. The molecule has 2 rings (SSSR count). The number of amides is 3. The molecule has 4 nitrogen and oxygen atoms in total. The van der Waals surface area contributed by atoms with Gasteiger partial charge in [0.2, 0.25) is 0 Å². The third kappa shape index (κ3) is 2.10. The number of hydrogen-bond acceptors (Lipinski definition) is 2. The number of urea groups is 1. The Labute approximate surface area is 91.6 Å². The van der Waals surface area contributed by atoms with E-state index in [1.807, 2.05) is 18.2 Å². The van der Waals surface area contributed by atoms with E-state index in [1.165, 1.54) is 0 Å². The fraction of sp³-hybridized carbons (Fsp3) is 0.200. The van der Waals surface area contributed by atoms with Gasteiger partial charge in [-0.05, 0) is 11.6 Å². The van der Waals surface area contributed by atoms with Gasteiger partial charge in [-0.1, -0.05) is 29.8 Å². The number of halogens is 1. The minimum atomic E-state index is -0.516. The molecule has 0 aliphatic carbocycles. The molecule has 1 aromatic rings. The van der Waals surface area contributed by atoms with E-state index in [1.54, 1.807) is 6.07 Å². The van der Waals surface area contributed by atoms with E-state index in [4.69, 9.17) is 11.6 Å². The molecule has 1 saturated heterocycles. The molecule has 0 unspecified atom stereocenters. The maximum Gasteiger partial charge on any atom is 0.322 e. The van der Waals surface area contributed by atoms with Gasteiger partial charge < -0.3 is 5.32 Å². The lowest BCUT2D eigenvalue weighted by Crippen LogP contribution is -2.31. The quantitative estimate of drug-likeness (QED) is 0.739. The highest BCUT2D eigenvalue weighted by molar-refractivity contribution is 6.31. The highest BCUT2D eigenvalue weighted by atomic mass is 35.5. The molecule has 1 aliphatic rings. The highest BCUT2D eigenvalue weighted by Gasteiger charge is 2.29. The van der Waals surface area contributed by atoms with Gasteiger partial charge in [0.15, 0.2) is 0 Å². The van der Waals surface area contributed by atoms with Crippen LogP contribution < -0.4 is 10.6 Å². The van der Waals surface area contributed by atoms with Crippen molar-refractivity contribution in [1.29, 1.82) is 0 Å². The lowest BCUT2D eigenvalue weighted by atomic mass is 10.1. The van der Waals surface area contributed by atoms with Crippen molar-refractivity contribution in [3.63, 3.8) is 0 Å². The van der Waals surface area contributed by atoms with E-state index in [-0.39, 0.29) is 5.91 Å². The second-order valence-electron chi connectivity index (χ2n) is 3.31. The molecular weight excluding hydrogens is 216 g/mol. The first-order valence-corrected chi connectivity index (χ1v) is 4.89. The first kappa shape index (κ1) is 9.98. The van der Waals surface area contributed by atoms with Gasteiger partial charge in [-0.15, -0.1) is 0 Å². The smallest absolute Gasteiger partial charge is 0.322 e. The summed E-state index contributed by atoms with van der Waals surface area (Å²) in [5, 5.41) is 5.30. The molecule has 1 aromatic carbocycles. The van der Waals surface area contributed by atoms with Crippen LogP contribution in [0.5, 0.6) is 0 Å². The van der Waals surface area contributed by atoms with Crippen LogP contribution in [0.4, 0.5) is 4.79 Å². The summed E-state index contributed by atoms with van der Waals surface area (Å²) in [7, 11) is 0. The fourth-order valence-corrected chi connectivity index (χ4v) is 1.70. The van der Waals surface area contributed by atoms with Crippen molar-refractivity contribution in [1.82, 2.24) is 10.6 Å². The molecule has 0 radical (unpaired) electrons. The Kier molecular flexibility index (Phi) is 2.60. The van der Waals surface area contributed by atoms with E-state index in [0.717, 1.165) is 5.56 Å². The van der Waals surface area contributed by atoms with Crippen LogP contribution in [0.15, 0.2) is 24.3 Å². The van der Waals surface area contributed by atoms with Crippen molar-refractivity contribution >= 4 is 23.5 Å². The first-order valence-electron chi connectivity index (χ1n) is 4.51. The molecule has 0 bridgehead atoms. The normalized spacial score (nSPS) is 19.9. The molecule has 3 amide bonds. The van der Waals surface area contributed by atoms with Gasteiger partial charge in [-0.25, -0.2) is 4.79 Å². The van der Waals surface area contributed by atoms with Gasteiger partial charge in [0.05, 0.1) is 0 Å². The molecule has 5 heteroatoms. The van der Waals surface area contributed by atoms with E-state index in [0.29, 0.717) is 11.4 Å². The minimum absolute atomic E-state index is 0.306. The maximum absolute atomic E-state index is 11.3. The Morgan fingerprint density at radius 1 is 1.27 bits per heavy atom. The Hall–Kier alpha value is -1.55. The van der Waals surface area contributed by atoms with E-state index >= 15 is 0 Å². The topological polar surface area (TPSA) is 58.2 Å². The van der Waals surface area contributed by atoms with Crippen molar-refractivity contribution in [2.75, 3.05) is 0 Å². The molecule has 78 valence electrons. The van der Waals surface area contributed by atoms with E-state index in [9.17, 15) is 9.59 Å². The minimum Gasteiger partial charge on any atom is -0.326 e. The van der Waals surface area contributed by atoms with Crippen LogP contribution >= 0.6 is 11.6 Å². The van der Waals surface area contributed by atoms with Gasteiger partial charge in [0.25, 0.3) is 5.91 Å². The molecular formula is C10H9ClN2O2. The predicted octanol–water partition coefficient (Wildman–Crippen LogP) is 1.09. The highest BCUT2D eigenvalue weighted by Crippen LogP contribution is 2.17. The zero-order chi connectivity index (χ0) is 10.8. The number of rotatable bonds is 2. The number of carbonyl (C=O) groups is 2. The van der Waals surface area contributed by atoms with Gasteiger partial charge >= 0.3 is 6.03 Å². The average molecular weight is 225 g/mol. The molecule has 2 N–H and O–H groups in total. The van der Waals surface area contributed by atoms with Crippen molar-refractivity contribution in [3.8, 4) is 0 Å². The molecule has 0 spiro atoms. The van der Waals surface area contributed by atoms with Crippen molar-refractivity contribution in [2.45, 2.75) is 12.5 Å². The fourth-order valence-electron chi connectivity index (χ4n) is 1.49. The summed E-state index contributed by atoms with van der Waals surface area (Å²) in [4.78, 5) is 22.1. The van der Waals surface area contributed by atoms with Crippen LogP contribution in [-0.4, -0.2) is 18.0 Å². The van der Waals surface area contributed by atoms with E-state index < -0.39 is 12.1 Å². The summed E-state index contributed by atoms with van der Waals surface area (Å²) < 4.78 is 0. The Morgan fingerprint density at radius 2 is 2.00 bits per heavy atom. The van der Waals surface area contributed by atoms with Crippen molar-refractivity contribution in [2.24, 2.45) is 0 Å². The van der Waals surface area contributed by atoms with Crippen molar-refractivity contribution < 1.29 is 9.59 Å². The zero-order valence-corrected chi connectivity index (χ0v) is 8.54. The lowest BCUT2D eigenvalue weighted by Gasteiger charge is -2.08. The monoisotopic (exact) mass is 224 g/mol. The molecule has 1 aliphatic heterocycles. The van der Waals surface area contributed by atoms with Crippen molar-refractivity contribution in [3.05, 3.63) is 34.9 Å².